The number of benzene rings is 1. The zero-order chi connectivity index (χ0) is 43.7. The molecule has 0 N–H and O–H groups in total. The molecule has 0 aliphatic heterocycles. The summed E-state index contributed by atoms with van der Waals surface area (Å²) in [5, 5.41) is 0. The summed E-state index contributed by atoms with van der Waals surface area (Å²) in [6.45, 7) is 9.32. The molecule has 0 unspecified atom stereocenters. The van der Waals surface area contributed by atoms with E-state index in [9.17, 15) is 31.5 Å². The minimum absolute atomic E-state index is 0.0762. The van der Waals surface area contributed by atoms with Crippen LogP contribution in [0.25, 0.3) is 0 Å². The van der Waals surface area contributed by atoms with Crippen LogP contribution in [-0.2, 0) is 61.7 Å². The van der Waals surface area contributed by atoms with Crippen LogP contribution in [0.15, 0.2) is 0 Å². The summed E-state index contributed by atoms with van der Waals surface area (Å²) >= 11 is 0. The Hall–Kier alpha value is -2.59. The van der Waals surface area contributed by atoms with Crippen LogP contribution < -0.4 is 4.74 Å². The van der Waals surface area contributed by atoms with Crippen LogP contribution in [0.2, 0.25) is 0 Å². The van der Waals surface area contributed by atoms with E-state index in [1.54, 1.807) is 0 Å². The number of halogens is 5. The predicted octanol–water partition coefficient (Wildman–Crippen LogP) is 6.31. The smallest absolute Gasteiger partial charge is 0.313 e. The molecule has 0 aliphatic carbocycles. The fourth-order valence-electron chi connectivity index (χ4n) is 4.94. The van der Waals surface area contributed by atoms with E-state index in [4.69, 9.17) is 52.1 Å². The molecule has 14 nitrogen and oxygen atoms in total. The van der Waals surface area contributed by atoms with Gasteiger partial charge in [0.15, 0.2) is 0 Å². The number of rotatable bonds is 44. The molecule has 0 fully saturated rings. The van der Waals surface area contributed by atoms with Crippen LogP contribution in [0.1, 0.15) is 77.6 Å². The molecule has 0 saturated heterocycles. The van der Waals surface area contributed by atoms with Gasteiger partial charge in [-0.25, -0.2) is 13.2 Å². The quantitative estimate of drug-likeness (QED) is 0.0180. The van der Waals surface area contributed by atoms with Gasteiger partial charge < -0.3 is 56.8 Å². The molecule has 0 bridgehead atoms. The maximum absolute atomic E-state index is 13.6. The third kappa shape index (κ3) is 31.3. The highest BCUT2D eigenvalue weighted by Gasteiger charge is 2.28. The number of unbranched alkanes of at least 4 members (excludes halogenated alkanes) is 8. The molecule has 0 aliphatic rings. The Kier molecular flexibility index (Phi) is 37.4. The number of hydrogen-bond donors (Lipinski definition) is 0. The molecular weight excluding hydrogens is 811 g/mol. The molecule has 1 aromatic carbocycles. The van der Waals surface area contributed by atoms with Crippen LogP contribution in [0.4, 0.5) is 22.0 Å². The van der Waals surface area contributed by atoms with Gasteiger partial charge >= 0.3 is 11.9 Å². The minimum atomic E-state index is -2.35. The van der Waals surface area contributed by atoms with Crippen molar-refractivity contribution in [1.29, 1.82) is 0 Å². The molecule has 0 spiro atoms. The maximum atomic E-state index is 13.6. The van der Waals surface area contributed by atoms with E-state index in [-0.39, 0.29) is 39.0 Å². The molecule has 19 heteroatoms. The van der Waals surface area contributed by atoms with Crippen molar-refractivity contribution < 1.29 is 88.4 Å². The van der Waals surface area contributed by atoms with Crippen molar-refractivity contribution in [2.75, 3.05) is 139 Å². The van der Waals surface area contributed by atoms with Gasteiger partial charge in [-0.3, -0.25) is 9.59 Å². The number of ether oxygens (including phenoxy) is 12. The van der Waals surface area contributed by atoms with E-state index in [1.165, 1.54) is 44.9 Å². The van der Waals surface area contributed by atoms with E-state index >= 15 is 0 Å². The van der Waals surface area contributed by atoms with Gasteiger partial charge in [-0.2, -0.15) is 8.78 Å². The van der Waals surface area contributed by atoms with Crippen molar-refractivity contribution in [1.82, 2.24) is 0 Å². The SMILES string of the molecule is CCCCCCCCCCCC(=O)OCCOCCOCCOCCOCCOCCOCCOCCOCCOCCOCCC(=O)Oc1c(F)c(F)c(F)c(F)c1F. The first-order valence-corrected chi connectivity index (χ1v) is 20.9. The fraction of sp³-hybridized carbons (Fsp3) is 0.805. The molecule has 0 saturated carbocycles. The molecule has 350 valence electrons. The van der Waals surface area contributed by atoms with Crippen molar-refractivity contribution in [3.63, 3.8) is 0 Å². The molecule has 0 radical (unpaired) electrons. The average molecular weight is 879 g/mol. The summed E-state index contributed by atoms with van der Waals surface area (Å²) in [4.78, 5) is 23.5. The van der Waals surface area contributed by atoms with Gasteiger partial charge in [-0.15, -0.1) is 0 Å². The van der Waals surface area contributed by atoms with Gasteiger partial charge in [0, 0.05) is 6.42 Å². The highest BCUT2D eigenvalue weighted by Crippen LogP contribution is 2.29. The first-order valence-electron chi connectivity index (χ1n) is 20.9. The van der Waals surface area contributed by atoms with Crippen LogP contribution in [0.3, 0.4) is 0 Å². The normalized spacial score (nSPS) is 11.4. The third-order valence-corrected chi connectivity index (χ3v) is 8.16. The second-order valence-electron chi connectivity index (χ2n) is 13.0. The van der Waals surface area contributed by atoms with Crippen LogP contribution >= 0.6 is 0 Å². The maximum Gasteiger partial charge on any atom is 0.313 e. The number of carbonyl (C=O) groups is 2. The Bertz CT molecular complexity index is 1170. The summed E-state index contributed by atoms with van der Waals surface area (Å²) in [6.07, 6.45) is 10.9. The average Bonchev–Trinajstić information content (AvgIpc) is 3.24. The van der Waals surface area contributed by atoms with E-state index in [1.807, 2.05) is 0 Å². The van der Waals surface area contributed by atoms with Crippen molar-refractivity contribution in [3.8, 4) is 5.75 Å². The first kappa shape index (κ1) is 55.4. The van der Waals surface area contributed by atoms with Crippen LogP contribution in [-0.4, -0.2) is 151 Å². The third-order valence-electron chi connectivity index (χ3n) is 8.16. The van der Waals surface area contributed by atoms with E-state index in [0.717, 1.165) is 12.8 Å². The van der Waals surface area contributed by atoms with Crippen molar-refractivity contribution >= 4 is 11.9 Å². The van der Waals surface area contributed by atoms with Crippen molar-refractivity contribution in [3.05, 3.63) is 29.1 Å². The molecule has 0 amide bonds. The zero-order valence-corrected chi connectivity index (χ0v) is 35.2. The lowest BCUT2D eigenvalue weighted by atomic mass is 10.1. The number of carbonyl (C=O) groups excluding carboxylic acids is 2. The fourth-order valence-corrected chi connectivity index (χ4v) is 4.94. The summed E-state index contributed by atoms with van der Waals surface area (Å²) in [6, 6.07) is 0. The van der Waals surface area contributed by atoms with Gasteiger partial charge in [0.1, 0.15) is 6.61 Å². The van der Waals surface area contributed by atoms with Gasteiger partial charge in [0.25, 0.3) is 0 Å². The van der Waals surface area contributed by atoms with E-state index in [0.29, 0.717) is 112 Å². The Morgan fingerprint density at radius 3 is 0.967 bits per heavy atom. The molecule has 0 aromatic heterocycles. The summed E-state index contributed by atoms with van der Waals surface area (Å²) in [7, 11) is 0. The first-order chi connectivity index (χ1) is 29.3. The van der Waals surface area contributed by atoms with Gasteiger partial charge in [-0.1, -0.05) is 58.3 Å². The molecule has 1 rings (SSSR count). The van der Waals surface area contributed by atoms with E-state index < -0.39 is 47.2 Å². The lowest BCUT2D eigenvalue weighted by molar-refractivity contribution is -0.145. The molecule has 0 atom stereocenters. The lowest BCUT2D eigenvalue weighted by Crippen LogP contribution is -2.16. The number of hydrogen-bond acceptors (Lipinski definition) is 14. The molecular formula is C41H67F5O14. The summed E-state index contributed by atoms with van der Waals surface area (Å²) < 4.78 is 130. The monoisotopic (exact) mass is 878 g/mol. The molecule has 60 heavy (non-hydrogen) atoms. The van der Waals surface area contributed by atoms with Gasteiger partial charge in [0.2, 0.25) is 34.8 Å². The largest absolute Gasteiger partial charge is 0.463 e. The Morgan fingerprint density at radius 2 is 0.617 bits per heavy atom. The van der Waals surface area contributed by atoms with Crippen LogP contribution in [0, 0.1) is 29.1 Å². The highest BCUT2D eigenvalue weighted by molar-refractivity contribution is 5.72. The predicted molar refractivity (Wildman–Crippen MR) is 207 cm³/mol. The standard InChI is InChI=1S/C41H67F5O14/c1-2-3-4-5-6-7-8-9-10-11-34(47)59-33-32-58-31-30-57-29-28-56-27-26-55-25-24-54-23-22-53-21-20-52-19-18-51-17-16-50-15-14-49-13-12-35(48)60-41-39(45)37(43)36(42)38(44)40(41)46/h2-33H2,1H3. The highest BCUT2D eigenvalue weighted by atomic mass is 19.2. The van der Waals surface area contributed by atoms with Gasteiger partial charge in [-0.05, 0) is 6.42 Å². The van der Waals surface area contributed by atoms with E-state index in [2.05, 4.69) is 11.7 Å². The second kappa shape index (κ2) is 40.5. The van der Waals surface area contributed by atoms with Gasteiger partial charge in [0.05, 0.1) is 139 Å². The molecule has 1 aromatic rings. The lowest BCUT2D eigenvalue weighted by Gasteiger charge is -2.09. The Balaban J connectivity index is 1.71. The summed E-state index contributed by atoms with van der Waals surface area (Å²) in [5.41, 5.74) is 0. The number of esters is 2. The van der Waals surface area contributed by atoms with Crippen molar-refractivity contribution in [2.45, 2.75) is 77.6 Å². The molecule has 0 heterocycles. The second-order valence-corrected chi connectivity index (χ2v) is 13.0. The minimum Gasteiger partial charge on any atom is -0.463 e. The van der Waals surface area contributed by atoms with Crippen molar-refractivity contribution in [2.24, 2.45) is 0 Å². The zero-order valence-electron chi connectivity index (χ0n) is 35.2. The Morgan fingerprint density at radius 1 is 0.333 bits per heavy atom. The summed E-state index contributed by atoms with van der Waals surface area (Å²) in [5.74, 6) is -14.3. The topological polar surface area (TPSA) is 145 Å². The van der Waals surface area contributed by atoms with Crippen LogP contribution in [0.5, 0.6) is 5.75 Å². The Labute approximate surface area is 351 Å².